The Balaban J connectivity index is 1.52. The fourth-order valence-electron chi connectivity index (χ4n) is 3.66. The molecule has 1 aromatic heterocycles. The van der Waals surface area contributed by atoms with Crippen molar-refractivity contribution in [2.75, 3.05) is 0 Å². The van der Waals surface area contributed by atoms with Crippen molar-refractivity contribution in [2.45, 2.75) is 43.7 Å². The van der Waals surface area contributed by atoms with E-state index in [0.717, 1.165) is 36.1 Å². The molecule has 1 aromatic carbocycles. The number of hydrogen-bond donors (Lipinski definition) is 3. The van der Waals surface area contributed by atoms with E-state index < -0.39 is 5.60 Å². The van der Waals surface area contributed by atoms with Crippen LogP contribution in [0.25, 0.3) is 0 Å². The highest BCUT2D eigenvalue weighted by Crippen LogP contribution is 2.32. The third kappa shape index (κ3) is 2.13. The molecule has 2 aliphatic carbocycles. The van der Waals surface area contributed by atoms with Gasteiger partial charge in [-0.15, -0.1) is 0 Å². The van der Waals surface area contributed by atoms with Crippen LogP contribution < -0.4 is 5.32 Å². The van der Waals surface area contributed by atoms with Crippen molar-refractivity contribution in [1.82, 2.24) is 15.5 Å². The van der Waals surface area contributed by atoms with Crippen molar-refractivity contribution in [3.63, 3.8) is 0 Å². The number of nitrogens with zero attached hydrogens (tertiary/aromatic N) is 1. The third-order valence-corrected chi connectivity index (χ3v) is 4.85. The predicted molar refractivity (Wildman–Crippen MR) is 81.2 cm³/mol. The summed E-state index contributed by atoms with van der Waals surface area (Å²) in [7, 11) is 0. The number of carbonyl (C=O) groups is 1. The van der Waals surface area contributed by atoms with E-state index in [4.69, 9.17) is 0 Å². The number of amides is 1. The van der Waals surface area contributed by atoms with E-state index in [0.29, 0.717) is 12.8 Å². The Hall–Kier alpha value is -2.14. The minimum absolute atomic E-state index is 0.0773. The molecule has 114 valence electrons. The second-order valence-corrected chi connectivity index (χ2v) is 6.38. The summed E-state index contributed by atoms with van der Waals surface area (Å²) in [6.45, 7) is 0. The number of aliphatic hydroxyl groups is 1. The second kappa shape index (κ2) is 4.95. The lowest BCUT2D eigenvalue weighted by atomic mass is 9.92. The van der Waals surface area contributed by atoms with Gasteiger partial charge in [0, 0.05) is 12.8 Å². The van der Waals surface area contributed by atoms with Gasteiger partial charge in [0.15, 0.2) is 5.60 Å². The van der Waals surface area contributed by atoms with E-state index >= 15 is 0 Å². The van der Waals surface area contributed by atoms with Crippen LogP contribution in [-0.2, 0) is 24.1 Å². The van der Waals surface area contributed by atoms with Crippen molar-refractivity contribution in [3.05, 3.63) is 52.8 Å². The van der Waals surface area contributed by atoms with Gasteiger partial charge < -0.3 is 10.4 Å². The predicted octanol–water partition coefficient (Wildman–Crippen LogP) is 1.43. The molecule has 1 unspecified atom stereocenters. The van der Waals surface area contributed by atoms with E-state index in [1.54, 1.807) is 0 Å². The molecule has 0 saturated carbocycles. The molecule has 1 atom stereocenters. The molecule has 22 heavy (non-hydrogen) atoms. The van der Waals surface area contributed by atoms with Gasteiger partial charge in [0.25, 0.3) is 5.91 Å². The van der Waals surface area contributed by atoms with Gasteiger partial charge in [0.1, 0.15) is 0 Å². The van der Waals surface area contributed by atoms with Crippen LogP contribution in [-0.4, -0.2) is 26.8 Å². The quantitative estimate of drug-likeness (QED) is 0.785. The van der Waals surface area contributed by atoms with Crippen LogP contribution in [0.4, 0.5) is 0 Å². The molecule has 4 rings (SSSR count). The summed E-state index contributed by atoms with van der Waals surface area (Å²) in [5.74, 6) is -0.281. The molecule has 0 fully saturated rings. The molecule has 0 bridgehead atoms. The van der Waals surface area contributed by atoms with Crippen LogP contribution in [0.2, 0.25) is 0 Å². The zero-order valence-electron chi connectivity index (χ0n) is 12.3. The molecule has 5 heteroatoms. The normalized spacial score (nSPS) is 22.0. The Kier molecular flexibility index (Phi) is 3.04. The Labute approximate surface area is 128 Å². The number of H-pyrrole nitrogens is 1. The molecule has 2 aromatic rings. The Morgan fingerprint density at radius 2 is 2.00 bits per heavy atom. The number of aromatic nitrogens is 2. The van der Waals surface area contributed by atoms with E-state index in [1.807, 2.05) is 30.5 Å². The minimum atomic E-state index is -1.33. The van der Waals surface area contributed by atoms with Crippen molar-refractivity contribution < 1.29 is 9.90 Å². The molecular formula is C17H19N3O2. The minimum Gasteiger partial charge on any atom is -0.379 e. The molecule has 0 saturated heterocycles. The third-order valence-electron chi connectivity index (χ3n) is 4.85. The van der Waals surface area contributed by atoms with Gasteiger partial charge in [-0.05, 0) is 36.0 Å². The average Bonchev–Trinajstić information content (AvgIpc) is 3.11. The van der Waals surface area contributed by atoms with Gasteiger partial charge >= 0.3 is 0 Å². The molecule has 0 aliphatic heterocycles. The van der Waals surface area contributed by atoms with Crippen LogP contribution in [0.5, 0.6) is 0 Å². The molecule has 0 spiro atoms. The van der Waals surface area contributed by atoms with Crippen molar-refractivity contribution in [2.24, 2.45) is 0 Å². The summed E-state index contributed by atoms with van der Waals surface area (Å²) < 4.78 is 0. The lowest BCUT2D eigenvalue weighted by molar-refractivity contribution is -0.139. The average molecular weight is 297 g/mol. The fourth-order valence-corrected chi connectivity index (χ4v) is 3.66. The van der Waals surface area contributed by atoms with Gasteiger partial charge in [-0.3, -0.25) is 9.89 Å². The number of hydrogen-bond acceptors (Lipinski definition) is 3. The summed E-state index contributed by atoms with van der Waals surface area (Å²) >= 11 is 0. The summed E-state index contributed by atoms with van der Waals surface area (Å²) in [6.07, 6.45) is 5.50. The Bertz CT molecular complexity index is 697. The molecule has 1 amide bonds. The van der Waals surface area contributed by atoms with E-state index in [9.17, 15) is 9.90 Å². The summed E-state index contributed by atoms with van der Waals surface area (Å²) in [4.78, 5) is 12.6. The number of nitrogens with one attached hydrogen (secondary N) is 2. The van der Waals surface area contributed by atoms with Gasteiger partial charge in [0.2, 0.25) is 0 Å². The maximum Gasteiger partial charge on any atom is 0.253 e. The molecular weight excluding hydrogens is 278 g/mol. The number of carbonyl (C=O) groups excluding carboxylic acids is 1. The van der Waals surface area contributed by atoms with Crippen LogP contribution in [0, 0.1) is 0 Å². The second-order valence-electron chi connectivity index (χ2n) is 6.38. The van der Waals surface area contributed by atoms with Crippen molar-refractivity contribution in [3.8, 4) is 0 Å². The maximum absolute atomic E-state index is 12.6. The van der Waals surface area contributed by atoms with E-state index in [-0.39, 0.29) is 11.9 Å². The van der Waals surface area contributed by atoms with Gasteiger partial charge in [-0.25, -0.2) is 0 Å². The molecule has 1 heterocycles. The van der Waals surface area contributed by atoms with E-state index in [2.05, 4.69) is 15.5 Å². The topological polar surface area (TPSA) is 78.0 Å². The lowest BCUT2D eigenvalue weighted by Crippen LogP contribution is -2.49. The first-order chi connectivity index (χ1) is 10.7. The summed E-state index contributed by atoms with van der Waals surface area (Å²) in [5, 5.41) is 20.8. The van der Waals surface area contributed by atoms with Crippen LogP contribution in [0.1, 0.15) is 41.3 Å². The smallest absolute Gasteiger partial charge is 0.253 e. The van der Waals surface area contributed by atoms with E-state index in [1.165, 1.54) is 5.56 Å². The van der Waals surface area contributed by atoms with Crippen LogP contribution in [0.3, 0.4) is 0 Å². The number of rotatable bonds is 2. The first-order valence-electron chi connectivity index (χ1n) is 7.78. The first-order valence-corrected chi connectivity index (χ1v) is 7.78. The van der Waals surface area contributed by atoms with Gasteiger partial charge in [0.05, 0.1) is 17.9 Å². The highest BCUT2D eigenvalue weighted by Gasteiger charge is 2.43. The fraction of sp³-hybridized carbons (Fsp3) is 0.412. The monoisotopic (exact) mass is 297 g/mol. The summed E-state index contributed by atoms with van der Waals surface area (Å²) in [6, 6.07) is 7.77. The van der Waals surface area contributed by atoms with Crippen molar-refractivity contribution in [1.29, 1.82) is 0 Å². The van der Waals surface area contributed by atoms with Gasteiger partial charge in [-0.2, -0.15) is 5.10 Å². The number of benzene rings is 1. The highest BCUT2D eigenvalue weighted by molar-refractivity contribution is 5.87. The number of fused-ring (bicyclic) bond motifs is 2. The number of aromatic amines is 1. The Morgan fingerprint density at radius 1 is 1.27 bits per heavy atom. The van der Waals surface area contributed by atoms with Gasteiger partial charge in [-0.1, -0.05) is 24.3 Å². The molecule has 5 nitrogen and oxygen atoms in total. The SMILES string of the molecule is O=C(NC1CCCc2cn[nH]c21)C1(O)Cc2ccccc2C1. The van der Waals surface area contributed by atoms with Crippen LogP contribution in [0.15, 0.2) is 30.5 Å². The first kappa shape index (κ1) is 13.5. The lowest BCUT2D eigenvalue weighted by Gasteiger charge is -2.28. The van der Waals surface area contributed by atoms with Crippen molar-refractivity contribution >= 4 is 5.91 Å². The largest absolute Gasteiger partial charge is 0.379 e. The summed E-state index contributed by atoms with van der Waals surface area (Å²) in [5.41, 5.74) is 2.94. The molecule has 2 aliphatic rings. The molecule has 3 N–H and O–H groups in total. The highest BCUT2D eigenvalue weighted by atomic mass is 16.3. The zero-order valence-corrected chi connectivity index (χ0v) is 12.3. The van der Waals surface area contributed by atoms with Crippen LogP contribution >= 0.6 is 0 Å². The zero-order chi connectivity index (χ0) is 15.2. The maximum atomic E-state index is 12.6. The molecule has 0 radical (unpaired) electrons. The Morgan fingerprint density at radius 3 is 2.73 bits per heavy atom. The standard InChI is InChI=1S/C17H19N3O2/c21-16(17(22)8-11-4-1-2-5-12(11)9-17)19-14-7-3-6-13-10-18-20-15(13)14/h1-2,4-5,10,14,22H,3,6-9H2,(H,18,20)(H,19,21). The number of aryl methyl sites for hydroxylation is 1.